The first-order valence-corrected chi connectivity index (χ1v) is 5.30. The van der Waals surface area contributed by atoms with Gasteiger partial charge in [0.1, 0.15) is 0 Å². The molecular weight excluding hydrogens is 216 g/mol. The van der Waals surface area contributed by atoms with E-state index in [1.807, 2.05) is 43.3 Å². The molecule has 0 fully saturated rings. The van der Waals surface area contributed by atoms with Gasteiger partial charge in [-0.15, -0.1) is 0 Å². The van der Waals surface area contributed by atoms with E-state index in [0.29, 0.717) is 0 Å². The zero-order valence-corrected chi connectivity index (χ0v) is 9.81. The van der Waals surface area contributed by atoms with Crippen LogP contribution in [0.4, 0.5) is 4.79 Å². The quantitative estimate of drug-likeness (QED) is 0.862. The Kier molecular flexibility index (Phi) is 3.14. The zero-order chi connectivity index (χ0) is 12.3. The third kappa shape index (κ3) is 2.30. The molecule has 88 valence electrons. The SMILES string of the molecule is COC(=O)Nn1ccc(C)c1-c1ccccc1. The monoisotopic (exact) mass is 230 g/mol. The lowest BCUT2D eigenvalue weighted by Crippen LogP contribution is -2.22. The number of hydrogen-bond acceptors (Lipinski definition) is 2. The van der Waals surface area contributed by atoms with Crippen LogP contribution in [0, 0.1) is 6.92 Å². The highest BCUT2D eigenvalue weighted by Gasteiger charge is 2.10. The van der Waals surface area contributed by atoms with Crippen molar-refractivity contribution in [2.75, 3.05) is 12.5 Å². The van der Waals surface area contributed by atoms with Crippen LogP contribution in [-0.4, -0.2) is 17.9 Å². The second kappa shape index (κ2) is 4.74. The maximum absolute atomic E-state index is 11.2. The molecule has 0 saturated carbocycles. The summed E-state index contributed by atoms with van der Waals surface area (Å²) >= 11 is 0. The predicted octanol–water partition coefficient (Wildman–Crippen LogP) is 2.77. The number of hydrogen-bond donors (Lipinski definition) is 1. The number of amides is 1. The van der Waals surface area contributed by atoms with E-state index < -0.39 is 6.09 Å². The summed E-state index contributed by atoms with van der Waals surface area (Å²) in [4.78, 5) is 11.2. The lowest BCUT2D eigenvalue weighted by atomic mass is 10.1. The summed E-state index contributed by atoms with van der Waals surface area (Å²) in [6.07, 6.45) is 1.31. The minimum atomic E-state index is -0.488. The molecule has 0 aliphatic carbocycles. The van der Waals surface area contributed by atoms with Crippen molar-refractivity contribution in [3.63, 3.8) is 0 Å². The van der Waals surface area contributed by atoms with E-state index in [2.05, 4.69) is 10.2 Å². The number of aromatic nitrogens is 1. The number of rotatable bonds is 2. The summed E-state index contributed by atoms with van der Waals surface area (Å²) in [5.41, 5.74) is 5.73. The first-order valence-electron chi connectivity index (χ1n) is 5.30. The average Bonchev–Trinajstić information content (AvgIpc) is 2.71. The van der Waals surface area contributed by atoms with Crippen molar-refractivity contribution in [3.05, 3.63) is 48.2 Å². The maximum atomic E-state index is 11.2. The number of benzene rings is 1. The number of nitrogens with one attached hydrogen (secondary N) is 1. The Balaban J connectivity index is 2.40. The normalized spacial score (nSPS) is 10.0. The number of aryl methyl sites for hydroxylation is 1. The summed E-state index contributed by atoms with van der Waals surface area (Å²) in [6, 6.07) is 11.8. The van der Waals surface area contributed by atoms with Gasteiger partial charge in [0.05, 0.1) is 12.8 Å². The first kappa shape index (κ1) is 11.3. The van der Waals surface area contributed by atoms with Gasteiger partial charge in [0.2, 0.25) is 0 Å². The number of carbonyl (C=O) groups excluding carboxylic acids is 1. The van der Waals surface area contributed by atoms with Crippen LogP contribution in [0.2, 0.25) is 0 Å². The van der Waals surface area contributed by atoms with Crippen molar-refractivity contribution >= 4 is 6.09 Å². The Labute approximate surface area is 99.8 Å². The Morgan fingerprint density at radius 2 is 1.94 bits per heavy atom. The minimum Gasteiger partial charge on any atom is -0.452 e. The molecule has 0 bridgehead atoms. The van der Waals surface area contributed by atoms with Crippen LogP contribution in [-0.2, 0) is 4.74 Å². The number of methoxy groups -OCH3 is 1. The predicted molar refractivity (Wildman–Crippen MR) is 66.4 cm³/mol. The third-order valence-corrected chi connectivity index (χ3v) is 2.53. The lowest BCUT2D eigenvalue weighted by Gasteiger charge is -2.11. The minimum absolute atomic E-state index is 0.488. The van der Waals surface area contributed by atoms with Gasteiger partial charge in [0.25, 0.3) is 0 Å². The van der Waals surface area contributed by atoms with Crippen LogP contribution >= 0.6 is 0 Å². The van der Waals surface area contributed by atoms with Gasteiger partial charge in [-0.3, -0.25) is 4.68 Å². The van der Waals surface area contributed by atoms with Gasteiger partial charge in [0, 0.05) is 11.8 Å². The molecule has 17 heavy (non-hydrogen) atoms. The molecule has 0 atom stereocenters. The molecule has 0 spiro atoms. The topological polar surface area (TPSA) is 43.3 Å². The Morgan fingerprint density at radius 1 is 1.24 bits per heavy atom. The van der Waals surface area contributed by atoms with Crippen molar-refractivity contribution in [2.24, 2.45) is 0 Å². The van der Waals surface area contributed by atoms with Gasteiger partial charge in [-0.25, -0.2) is 10.2 Å². The fourth-order valence-corrected chi connectivity index (χ4v) is 1.73. The third-order valence-electron chi connectivity index (χ3n) is 2.53. The standard InChI is InChI=1S/C13H14N2O2/c1-10-8-9-15(14-13(16)17-2)12(10)11-6-4-3-5-7-11/h3-9H,1-2H3,(H,14,16). The molecule has 4 heteroatoms. The molecule has 0 saturated heterocycles. The molecular formula is C13H14N2O2. The van der Waals surface area contributed by atoms with Crippen molar-refractivity contribution in [1.82, 2.24) is 4.68 Å². The summed E-state index contributed by atoms with van der Waals surface area (Å²) in [5, 5.41) is 0. The summed E-state index contributed by atoms with van der Waals surface area (Å²) in [5.74, 6) is 0. The largest absolute Gasteiger partial charge is 0.452 e. The molecule has 2 rings (SSSR count). The van der Waals surface area contributed by atoms with Crippen LogP contribution in [0.3, 0.4) is 0 Å². The summed E-state index contributed by atoms with van der Waals surface area (Å²) in [7, 11) is 1.34. The van der Waals surface area contributed by atoms with Crippen molar-refractivity contribution in [1.29, 1.82) is 0 Å². The molecule has 1 heterocycles. The van der Waals surface area contributed by atoms with Crippen LogP contribution < -0.4 is 5.43 Å². The molecule has 0 radical (unpaired) electrons. The van der Waals surface area contributed by atoms with E-state index in [1.165, 1.54) is 7.11 Å². The Hall–Kier alpha value is -2.23. The van der Waals surface area contributed by atoms with E-state index in [1.54, 1.807) is 10.9 Å². The molecule has 0 unspecified atom stereocenters. The smallest absolute Gasteiger partial charge is 0.426 e. The van der Waals surface area contributed by atoms with Crippen molar-refractivity contribution in [3.8, 4) is 11.3 Å². The summed E-state index contributed by atoms with van der Waals surface area (Å²) < 4.78 is 6.25. The average molecular weight is 230 g/mol. The first-order chi connectivity index (χ1) is 8.22. The highest BCUT2D eigenvalue weighted by molar-refractivity contribution is 5.77. The zero-order valence-electron chi connectivity index (χ0n) is 9.81. The lowest BCUT2D eigenvalue weighted by molar-refractivity contribution is 0.183. The van der Waals surface area contributed by atoms with Crippen LogP contribution in [0.15, 0.2) is 42.6 Å². The molecule has 1 aromatic heterocycles. The second-order valence-corrected chi connectivity index (χ2v) is 3.69. The van der Waals surface area contributed by atoms with Crippen molar-refractivity contribution < 1.29 is 9.53 Å². The fourth-order valence-electron chi connectivity index (χ4n) is 1.73. The summed E-state index contributed by atoms with van der Waals surface area (Å²) in [6.45, 7) is 2.00. The fraction of sp³-hybridized carbons (Fsp3) is 0.154. The molecule has 2 aromatic rings. The molecule has 1 aromatic carbocycles. The molecule has 0 aliphatic heterocycles. The van der Waals surface area contributed by atoms with E-state index >= 15 is 0 Å². The maximum Gasteiger partial charge on any atom is 0.426 e. The molecule has 1 N–H and O–H groups in total. The van der Waals surface area contributed by atoms with Gasteiger partial charge in [-0.1, -0.05) is 30.3 Å². The van der Waals surface area contributed by atoms with Gasteiger partial charge < -0.3 is 4.74 Å². The molecule has 0 aliphatic rings. The Morgan fingerprint density at radius 3 is 2.59 bits per heavy atom. The second-order valence-electron chi connectivity index (χ2n) is 3.69. The molecule has 4 nitrogen and oxygen atoms in total. The molecule has 1 amide bonds. The highest BCUT2D eigenvalue weighted by atomic mass is 16.5. The van der Waals surface area contributed by atoms with Crippen LogP contribution in [0.5, 0.6) is 0 Å². The number of nitrogens with zero attached hydrogens (tertiary/aromatic N) is 1. The van der Waals surface area contributed by atoms with E-state index in [0.717, 1.165) is 16.8 Å². The van der Waals surface area contributed by atoms with Gasteiger partial charge >= 0.3 is 6.09 Å². The van der Waals surface area contributed by atoms with Gasteiger partial charge in [-0.05, 0) is 18.6 Å². The van der Waals surface area contributed by atoms with E-state index in [9.17, 15) is 4.79 Å². The highest BCUT2D eigenvalue weighted by Crippen LogP contribution is 2.23. The Bertz CT molecular complexity index is 517. The van der Waals surface area contributed by atoms with E-state index in [-0.39, 0.29) is 0 Å². The van der Waals surface area contributed by atoms with E-state index in [4.69, 9.17) is 0 Å². The van der Waals surface area contributed by atoms with Crippen LogP contribution in [0.1, 0.15) is 5.56 Å². The van der Waals surface area contributed by atoms with Gasteiger partial charge in [0.15, 0.2) is 0 Å². The van der Waals surface area contributed by atoms with Gasteiger partial charge in [-0.2, -0.15) is 0 Å². The van der Waals surface area contributed by atoms with Crippen LogP contribution in [0.25, 0.3) is 11.3 Å². The number of carbonyl (C=O) groups is 1. The van der Waals surface area contributed by atoms with Crippen molar-refractivity contribution in [2.45, 2.75) is 6.92 Å². The number of ether oxygens (including phenoxy) is 1.